The van der Waals surface area contributed by atoms with E-state index in [-0.39, 0.29) is 5.78 Å². The van der Waals surface area contributed by atoms with E-state index in [9.17, 15) is 4.79 Å². The summed E-state index contributed by atoms with van der Waals surface area (Å²) in [5.74, 6) is 0.609. The van der Waals surface area contributed by atoms with E-state index in [4.69, 9.17) is 11.6 Å². The molecule has 0 aliphatic heterocycles. The topological polar surface area (TPSA) is 17.1 Å². The first kappa shape index (κ1) is 12.5. The lowest BCUT2D eigenvalue weighted by Crippen LogP contribution is -2.01. The zero-order valence-corrected chi connectivity index (χ0v) is 11.9. The molecular weight excluding hydrogens is 378 g/mol. The van der Waals surface area contributed by atoms with Gasteiger partial charge in [-0.15, -0.1) is 11.6 Å². The van der Waals surface area contributed by atoms with Crippen LogP contribution in [-0.2, 0) is 5.88 Å². The lowest BCUT2D eigenvalue weighted by Gasteiger charge is -2.03. The van der Waals surface area contributed by atoms with Crippen molar-refractivity contribution in [3.63, 3.8) is 0 Å². The van der Waals surface area contributed by atoms with Crippen molar-refractivity contribution in [3.8, 4) is 0 Å². The van der Waals surface area contributed by atoms with Gasteiger partial charge in [0.2, 0.25) is 0 Å². The van der Waals surface area contributed by atoms with Crippen LogP contribution in [-0.4, -0.2) is 11.1 Å². The Bertz CT molecular complexity index is 341. The Morgan fingerprint density at radius 1 is 1.50 bits per heavy atom. The van der Waals surface area contributed by atoms with E-state index < -0.39 is 0 Å². The summed E-state index contributed by atoms with van der Waals surface area (Å²) in [6, 6.07) is 5.66. The summed E-state index contributed by atoms with van der Waals surface area (Å²) in [6.07, 6.45) is 0.530. The van der Waals surface area contributed by atoms with Crippen LogP contribution >= 0.6 is 50.1 Å². The Balaban J connectivity index is 2.94. The van der Waals surface area contributed by atoms with Crippen molar-refractivity contribution in [2.75, 3.05) is 5.33 Å². The van der Waals surface area contributed by atoms with Gasteiger partial charge in [0, 0.05) is 26.8 Å². The van der Waals surface area contributed by atoms with Crippen molar-refractivity contribution in [2.45, 2.75) is 12.3 Å². The minimum atomic E-state index is 0.157. The molecule has 14 heavy (non-hydrogen) atoms. The van der Waals surface area contributed by atoms with E-state index in [1.165, 1.54) is 0 Å². The highest BCUT2D eigenvalue weighted by Gasteiger charge is 2.07. The molecule has 0 saturated carbocycles. The minimum absolute atomic E-state index is 0.157. The quantitative estimate of drug-likeness (QED) is 0.434. The van der Waals surface area contributed by atoms with Gasteiger partial charge >= 0.3 is 0 Å². The van der Waals surface area contributed by atoms with Crippen LogP contribution in [0.3, 0.4) is 0 Å². The first-order valence-electron chi connectivity index (χ1n) is 4.12. The molecule has 0 saturated heterocycles. The maximum atomic E-state index is 11.5. The molecule has 0 fully saturated rings. The van der Waals surface area contributed by atoms with Crippen LogP contribution in [0.2, 0.25) is 0 Å². The highest BCUT2D eigenvalue weighted by molar-refractivity contribution is 14.1. The number of Topliss-reactive ketones (excluding diaryl/α,β-unsaturated/α-hetero) is 1. The highest BCUT2D eigenvalue weighted by atomic mass is 127. The summed E-state index contributed by atoms with van der Waals surface area (Å²) < 4.78 is 1.10. The summed E-state index contributed by atoms with van der Waals surface area (Å²) in [7, 11) is 0. The predicted molar refractivity (Wildman–Crippen MR) is 71.5 cm³/mol. The molecule has 76 valence electrons. The Kier molecular flexibility index (Phi) is 5.41. The minimum Gasteiger partial charge on any atom is -0.294 e. The van der Waals surface area contributed by atoms with E-state index in [0.717, 1.165) is 14.7 Å². The second-order valence-corrected chi connectivity index (χ2v) is 5.02. The molecule has 1 aromatic rings. The van der Waals surface area contributed by atoms with Crippen LogP contribution in [0.1, 0.15) is 22.3 Å². The zero-order chi connectivity index (χ0) is 10.6. The first-order valence-corrected chi connectivity index (χ1v) is 6.86. The number of benzene rings is 1. The van der Waals surface area contributed by atoms with Gasteiger partial charge in [-0.2, -0.15) is 0 Å². The molecule has 1 aromatic carbocycles. The van der Waals surface area contributed by atoms with Crippen LogP contribution in [0.4, 0.5) is 0 Å². The molecule has 0 bridgehead atoms. The lowest BCUT2D eigenvalue weighted by atomic mass is 10.1. The van der Waals surface area contributed by atoms with Gasteiger partial charge in [-0.1, -0.05) is 22.0 Å². The molecule has 0 radical (unpaired) electrons. The van der Waals surface area contributed by atoms with Gasteiger partial charge in [-0.25, -0.2) is 0 Å². The fraction of sp³-hybridized carbons (Fsp3) is 0.300. The van der Waals surface area contributed by atoms with E-state index in [0.29, 0.717) is 17.6 Å². The third-order valence-electron chi connectivity index (χ3n) is 1.83. The molecule has 4 heteroatoms. The normalized spacial score (nSPS) is 10.2. The van der Waals surface area contributed by atoms with Gasteiger partial charge in [0.1, 0.15) is 0 Å². The average molecular weight is 387 g/mol. The Morgan fingerprint density at radius 3 is 2.79 bits per heavy atom. The van der Waals surface area contributed by atoms with Crippen molar-refractivity contribution in [3.05, 3.63) is 32.9 Å². The Labute approximate surface area is 110 Å². The van der Waals surface area contributed by atoms with Gasteiger partial charge in [-0.05, 0) is 40.3 Å². The zero-order valence-electron chi connectivity index (χ0n) is 7.40. The van der Waals surface area contributed by atoms with Gasteiger partial charge in [0.05, 0.1) is 0 Å². The Hall–Kier alpha value is 0.390. The number of carbonyl (C=O) groups excluding carboxylic acids is 1. The predicted octanol–water partition coefficient (Wildman–Crippen LogP) is 4.00. The van der Waals surface area contributed by atoms with Crippen molar-refractivity contribution < 1.29 is 4.79 Å². The van der Waals surface area contributed by atoms with Crippen molar-refractivity contribution in [1.82, 2.24) is 0 Å². The molecule has 0 aliphatic rings. The third-order valence-corrected chi connectivity index (χ3v) is 3.57. The van der Waals surface area contributed by atoms with Gasteiger partial charge in [0.25, 0.3) is 0 Å². The van der Waals surface area contributed by atoms with Crippen LogP contribution < -0.4 is 0 Å². The maximum Gasteiger partial charge on any atom is 0.163 e. The Morgan fingerprint density at radius 2 is 2.21 bits per heavy atom. The molecule has 0 heterocycles. The summed E-state index contributed by atoms with van der Waals surface area (Å²) in [6.45, 7) is 0. The summed E-state index contributed by atoms with van der Waals surface area (Å²) >= 11 is 11.2. The molecule has 1 rings (SSSR count). The molecule has 0 atom stereocenters. The molecule has 1 nitrogen and oxygen atoms in total. The maximum absolute atomic E-state index is 11.5. The molecule has 0 N–H and O–H groups in total. The monoisotopic (exact) mass is 386 g/mol. The largest absolute Gasteiger partial charge is 0.294 e. The lowest BCUT2D eigenvalue weighted by molar-refractivity contribution is 0.0990. The summed E-state index contributed by atoms with van der Waals surface area (Å²) in [5.41, 5.74) is 1.77. The SMILES string of the molecule is O=C(CCBr)c1ccc(I)c(CCl)c1. The molecule has 0 aromatic heterocycles. The third kappa shape index (κ3) is 3.21. The van der Waals surface area contributed by atoms with Crippen molar-refractivity contribution in [2.24, 2.45) is 0 Å². The average Bonchev–Trinajstić information content (AvgIpc) is 2.19. The van der Waals surface area contributed by atoms with E-state index in [1.807, 2.05) is 18.2 Å². The molecule has 0 amide bonds. The van der Waals surface area contributed by atoms with Crippen LogP contribution in [0.5, 0.6) is 0 Å². The first-order chi connectivity index (χ1) is 6.69. The molecule has 0 spiro atoms. The number of ketones is 1. The van der Waals surface area contributed by atoms with Crippen LogP contribution in [0.25, 0.3) is 0 Å². The van der Waals surface area contributed by atoms with Crippen LogP contribution in [0.15, 0.2) is 18.2 Å². The van der Waals surface area contributed by atoms with Crippen LogP contribution in [0, 0.1) is 3.57 Å². The summed E-state index contributed by atoms with van der Waals surface area (Å²) in [4.78, 5) is 11.5. The second-order valence-electron chi connectivity index (χ2n) is 2.80. The number of rotatable bonds is 4. The number of hydrogen-bond acceptors (Lipinski definition) is 1. The van der Waals surface area contributed by atoms with Crippen molar-refractivity contribution >= 4 is 55.9 Å². The van der Waals surface area contributed by atoms with Gasteiger partial charge in [0.15, 0.2) is 5.78 Å². The number of carbonyl (C=O) groups is 1. The molecule has 0 aliphatic carbocycles. The standard InChI is InChI=1S/C10H9BrClIO/c11-4-3-10(14)7-1-2-9(13)8(5-7)6-12/h1-2,5H,3-4,6H2. The van der Waals surface area contributed by atoms with Crippen molar-refractivity contribution in [1.29, 1.82) is 0 Å². The number of hydrogen-bond donors (Lipinski definition) is 0. The molecular formula is C10H9BrClIO. The highest BCUT2D eigenvalue weighted by Crippen LogP contribution is 2.17. The van der Waals surface area contributed by atoms with E-state index in [2.05, 4.69) is 38.5 Å². The van der Waals surface area contributed by atoms with Gasteiger partial charge in [-0.3, -0.25) is 4.79 Å². The molecule has 0 unspecified atom stereocenters. The smallest absolute Gasteiger partial charge is 0.163 e. The summed E-state index contributed by atoms with van der Waals surface area (Å²) in [5, 5.41) is 0.702. The number of alkyl halides is 2. The number of halogens is 3. The fourth-order valence-electron chi connectivity index (χ4n) is 1.08. The fourth-order valence-corrected chi connectivity index (χ4v) is 2.41. The van der Waals surface area contributed by atoms with E-state index >= 15 is 0 Å². The van der Waals surface area contributed by atoms with E-state index in [1.54, 1.807) is 0 Å². The second kappa shape index (κ2) is 6.08. The van der Waals surface area contributed by atoms with Gasteiger partial charge < -0.3 is 0 Å².